The van der Waals surface area contributed by atoms with Crippen LogP contribution in [-0.2, 0) is 48.4 Å². The van der Waals surface area contributed by atoms with Gasteiger partial charge in [-0.2, -0.15) is 0 Å². The highest BCUT2D eigenvalue weighted by Gasteiger charge is 2.37. The van der Waals surface area contributed by atoms with Gasteiger partial charge in [0.2, 0.25) is 0 Å². The molecule has 176 valence electrons. The Morgan fingerprint density at radius 2 is 0.971 bits per heavy atom. The minimum Gasteiger partial charge on any atom is -0.461 e. The number of aliphatic hydroxyl groups is 1. The molecule has 0 saturated carbocycles. The van der Waals surface area contributed by atoms with Crippen LogP contribution in [0.25, 0.3) is 0 Å². The summed E-state index contributed by atoms with van der Waals surface area (Å²) in [6.07, 6.45) is -2.43. The average Bonchev–Trinajstić information content (AvgIpc) is 2.89. The molecule has 0 heterocycles. The Kier molecular flexibility index (Phi) is 9.37. The number of rotatable bonds is 11. The van der Waals surface area contributed by atoms with Crippen LogP contribution >= 0.6 is 0 Å². The third kappa shape index (κ3) is 7.86. The molecular formula is C27H26O7. The molecule has 0 spiro atoms. The molecule has 0 fully saturated rings. The van der Waals surface area contributed by atoms with Crippen LogP contribution in [0.2, 0.25) is 0 Å². The van der Waals surface area contributed by atoms with Gasteiger partial charge < -0.3 is 19.3 Å². The van der Waals surface area contributed by atoms with Gasteiger partial charge >= 0.3 is 17.9 Å². The molecule has 7 nitrogen and oxygen atoms in total. The number of carbonyl (C=O) groups is 3. The van der Waals surface area contributed by atoms with E-state index in [-0.39, 0.29) is 19.8 Å². The Labute approximate surface area is 197 Å². The van der Waals surface area contributed by atoms with Crippen LogP contribution < -0.4 is 0 Å². The molecule has 0 saturated heterocycles. The van der Waals surface area contributed by atoms with Crippen molar-refractivity contribution in [1.29, 1.82) is 0 Å². The van der Waals surface area contributed by atoms with Crippen molar-refractivity contribution < 1.29 is 33.7 Å². The molecular weight excluding hydrogens is 436 g/mol. The van der Waals surface area contributed by atoms with Crippen LogP contribution in [0, 0.1) is 5.92 Å². The standard InChI is InChI=1S/C27H26O7/c28-24(32-17-20-10-4-1-5-11-20)16-23(26(30)33-18-21-12-6-2-7-13-21)25(29)27(31)34-19-22-14-8-3-9-15-22/h1-15,23,25,29H,16-19H2. The SMILES string of the molecule is O=C(CC(C(=O)OCc1ccccc1)C(O)C(=O)OCc1ccccc1)OCc1ccccc1. The second-order valence-electron chi connectivity index (χ2n) is 7.59. The van der Waals surface area contributed by atoms with Gasteiger partial charge in [0.05, 0.1) is 6.42 Å². The number of hydrogen-bond donors (Lipinski definition) is 1. The fourth-order valence-electron chi connectivity index (χ4n) is 3.11. The summed E-state index contributed by atoms with van der Waals surface area (Å²) < 4.78 is 15.6. The first kappa shape index (κ1) is 24.7. The zero-order valence-corrected chi connectivity index (χ0v) is 18.5. The molecule has 0 amide bonds. The van der Waals surface area contributed by atoms with Gasteiger partial charge in [-0.05, 0) is 16.7 Å². The summed E-state index contributed by atoms with van der Waals surface area (Å²) in [5.41, 5.74) is 2.21. The average molecular weight is 462 g/mol. The molecule has 3 aromatic rings. The number of hydrogen-bond acceptors (Lipinski definition) is 7. The largest absolute Gasteiger partial charge is 0.461 e. The Morgan fingerprint density at radius 3 is 1.41 bits per heavy atom. The smallest absolute Gasteiger partial charge is 0.336 e. The monoisotopic (exact) mass is 462 g/mol. The van der Waals surface area contributed by atoms with Crippen molar-refractivity contribution in [3.8, 4) is 0 Å². The Balaban J connectivity index is 1.63. The Hall–Kier alpha value is -3.97. The number of benzene rings is 3. The number of carbonyl (C=O) groups excluding carboxylic acids is 3. The molecule has 0 aliphatic heterocycles. The van der Waals surface area contributed by atoms with Crippen molar-refractivity contribution in [3.63, 3.8) is 0 Å². The van der Waals surface area contributed by atoms with E-state index in [0.29, 0.717) is 5.56 Å². The Morgan fingerprint density at radius 1 is 0.588 bits per heavy atom. The molecule has 0 radical (unpaired) electrons. The third-order valence-electron chi connectivity index (χ3n) is 5.00. The van der Waals surface area contributed by atoms with Crippen LogP contribution in [0.4, 0.5) is 0 Å². The molecule has 2 unspecified atom stereocenters. The lowest BCUT2D eigenvalue weighted by Gasteiger charge is -2.20. The second-order valence-corrected chi connectivity index (χ2v) is 7.59. The van der Waals surface area contributed by atoms with Gasteiger partial charge in [-0.3, -0.25) is 9.59 Å². The lowest BCUT2D eigenvalue weighted by molar-refractivity contribution is -0.171. The molecule has 3 rings (SSSR count). The van der Waals surface area contributed by atoms with E-state index in [4.69, 9.17) is 14.2 Å². The zero-order valence-electron chi connectivity index (χ0n) is 18.5. The van der Waals surface area contributed by atoms with Gasteiger partial charge in [0, 0.05) is 0 Å². The maximum atomic E-state index is 12.7. The highest BCUT2D eigenvalue weighted by molar-refractivity contribution is 5.87. The summed E-state index contributed by atoms with van der Waals surface area (Å²) in [7, 11) is 0. The first-order valence-electron chi connectivity index (χ1n) is 10.8. The van der Waals surface area contributed by atoms with Crippen molar-refractivity contribution in [1.82, 2.24) is 0 Å². The van der Waals surface area contributed by atoms with Crippen molar-refractivity contribution in [2.45, 2.75) is 32.3 Å². The molecule has 2 atom stereocenters. The molecule has 7 heteroatoms. The van der Waals surface area contributed by atoms with Gasteiger partial charge in [-0.1, -0.05) is 91.0 Å². The van der Waals surface area contributed by atoms with Crippen LogP contribution in [-0.4, -0.2) is 29.1 Å². The molecule has 0 aromatic heterocycles. The number of aliphatic hydroxyl groups excluding tert-OH is 1. The lowest BCUT2D eigenvalue weighted by atomic mass is 9.98. The van der Waals surface area contributed by atoms with Gasteiger partial charge in [0.15, 0.2) is 6.10 Å². The minimum absolute atomic E-state index is 0.00000510. The molecule has 0 aliphatic rings. The second kappa shape index (κ2) is 12.9. The van der Waals surface area contributed by atoms with E-state index in [1.807, 2.05) is 18.2 Å². The van der Waals surface area contributed by atoms with E-state index in [1.54, 1.807) is 72.8 Å². The van der Waals surface area contributed by atoms with Gasteiger partial charge in [0.1, 0.15) is 25.7 Å². The quantitative estimate of drug-likeness (QED) is 0.343. The maximum absolute atomic E-state index is 12.7. The zero-order chi connectivity index (χ0) is 24.2. The van der Waals surface area contributed by atoms with Crippen LogP contribution in [0.3, 0.4) is 0 Å². The third-order valence-corrected chi connectivity index (χ3v) is 5.00. The van der Waals surface area contributed by atoms with E-state index >= 15 is 0 Å². The molecule has 3 aromatic carbocycles. The molecule has 0 aliphatic carbocycles. The van der Waals surface area contributed by atoms with Crippen molar-refractivity contribution in [3.05, 3.63) is 108 Å². The van der Waals surface area contributed by atoms with E-state index in [1.165, 1.54) is 0 Å². The van der Waals surface area contributed by atoms with Gasteiger partial charge in [-0.25, -0.2) is 4.79 Å². The van der Waals surface area contributed by atoms with Crippen LogP contribution in [0.1, 0.15) is 23.1 Å². The summed E-state index contributed by atoms with van der Waals surface area (Å²) in [5.74, 6) is -4.15. The number of ether oxygens (including phenoxy) is 3. The highest BCUT2D eigenvalue weighted by Crippen LogP contribution is 2.17. The molecule has 0 bridgehead atoms. The summed E-state index contributed by atoms with van der Waals surface area (Å²) >= 11 is 0. The van der Waals surface area contributed by atoms with E-state index in [2.05, 4.69) is 0 Å². The molecule has 34 heavy (non-hydrogen) atoms. The van der Waals surface area contributed by atoms with Gasteiger partial charge in [0.25, 0.3) is 0 Å². The first-order valence-corrected chi connectivity index (χ1v) is 10.8. The fraction of sp³-hybridized carbons (Fsp3) is 0.222. The van der Waals surface area contributed by atoms with Crippen molar-refractivity contribution in [2.24, 2.45) is 5.92 Å². The highest BCUT2D eigenvalue weighted by atomic mass is 16.6. The summed E-state index contributed by atoms with van der Waals surface area (Å²) in [4.78, 5) is 37.6. The Bertz CT molecular complexity index is 1050. The van der Waals surface area contributed by atoms with E-state index in [0.717, 1.165) is 11.1 Å². The topological polar surface area (TPSA) is 99.1 Å². The normalized spacial score (nSPS) is 12.3. The molecule has 1 N–H and O–H groups in total. The van der Waals surface area contributed by atoms with Crippen molar-refractivity contribution >= 4 is 17.9 Å². The lowest BCUT2D eigenvalue weighted by Crippen LogP contribution is -2.38. The number of esters is 3. The van der Waals surface area contributed by atoms with Crippen LogP contribution in [0.5, 0.6) is 0 Å². The minimum atomic E-state index is -1.89. The van der Waals surface area contributed by atoms with Crippen molar-refractivity contribution in [2.75, 3.05) is 0 Å². The van der Waals surface area contributed by atoms with Gasteiger partial charge in [-0.15, -0.1) is 0 Å². The summed E-state index contributed by atoms with van der Waals surface area (Å²) in [5, 5.41) is 10.6. The van der Waals surface area contributed by atoms with Crippen LogP contribution in [0.15, 0.2) is 91.0 Å². The van der Waals surface area contributed by atoms with E-state index < -0.39 is 36.4 Å². The fourth-order valence-corrected chi connectivity index (χ4v) is 3.11. The predicted octanol–water partition coefficient (Wildman–Crippen LogP) is 3.58. The first-order chi connectivity index (χ1) is 16.5. The van der Waals surface area contributed by atoms with E-state index in [9.17, 15) is 19.5 Å². The predicted molar refractivity (Wildman–Crippen MR) is 123 cm³/mol. The summed E-state index contributed by atoms with van der Waals surface area (Å²) in [6, 6.07) is 26.8. The maximum Gasteiger partial charge on any atom is 0.336 e. The summed E-state index contributed by atoms with van der Waals surface area (Å²) in [6.45, 7) is -0.151.